The molecule has 0 spiro atoms. The van der Waals surface area contributed by atoms with E-state index in [1.54, 1.807) is 0 Å². The van der Waals surface area contributed by atoms with Gasteiger partial charge in [-0.25, -0.2) is 15.7 Å². The second kappa shape index (κ2) is 10.9. The lowest BCUT2D eigenvalue weighted by atomic mass is 10.1. The topological polar surface area (TPSA) is 44.8 Å². The predicted octanol–water partition coefficient (Wildman–Crippen LogP) is 5.43. The zero-order valence-electron chi connectivity index (χ0n) is 21.0. The summed E-state index contributed by atoms with van der Waals surface area (Å²) >= 11 is 0. The third kappa shape index (κ3) is 5.09. The highest BCUT2D eigenvalue weighted by Crippen LogP contribution is 2.46. The Hall–Kier alpha value is -1.76. The maximum Gasteiger partial charge on any atom is 0.509 e. The van der Waals surface area contributed by atoms with Crippen molar-refractivity contribution in [1.29, 1.82) is 0 Å². The Bertz CT molecular complexity index is 891. The summed E-state index contributed by atoms with van der Waals surface area (Å²) in [6, 6.07) is 21.6. The Morgan fingerprint density at radius 2 is 1.59 bits per heavy atom. The first-order chi connectivity index (χ1) is 16.4. The van der Waals surface area contributed by atoms with Crippen molar-refractivity contribution in [3.8, 4) is 0 Å². The first-order valence-corrected chi connectivity index (χ1v) is 16.4. The molecule has 0 bridgehead atoms. The second-order valence-electron chi connectivity index (χ2n) is 10.6. The summed E-state index contributed by atoms with van der Waals surface area (Å²) in [7, 11) is -2.92. The Labute approximate surface area is 208 Å². The van der Waals surface area contributed by atoms with E-state index in [1.165, 1.54) is 35.4 Å². The van der Waals surface area contributed by atoms with E-state index < -0.39 is 14.5 Å². The number of hydrogen-bond acceptors (Lipinski definition) is 4. The molecule has 2 aliphatic rings. The smallest absolute Gasteiger partial charge is 0.427 e. The molecule has 2 saturated heterocycles. The molecule has 186 valence electrons. The lowest BCUT2D eigenvalue weighted by Crippen LogP contribution is -2.67. The van der Waals surface area contributed by atoms with Crippen molar-refractivity contribution in [2.45, 2.75) is 75.9 Å². The molecule has 2 aliphatic heterocycles. The second-order valence-corrected chi connectivity index (χ2v) is 17.6. The first kappa shape index (κ1) is 25.3. The van der Waals surface area contributed by atoms with E-state index in [4.69, 9.17) is 13.9 Å². The van der Waals surface area contributed by atoms with Gasteiger partial charge in [0.1, 0.15) is 6.10 Å². The molecule has 0 amide bonds. The molecule has 2 heterocycles. The highest BCUT2D eigenvalue weighted by Gasteiger charge is 2.53. The Morgan fingerprint density at radius 3 is 2.15 bits per heavy atom. The first-order valence-electron chi connectivity index (χ1n) is 12.7. The highest BCUT2D eigenvalue weighted by atomic mass is 32.2. The fourth-order valence-electron chi connectivity index (χ4n) is 5.64. The number of fused-ring (bicyclic) bond motifs is 1. The molecule has 4 rings (SSSR count). The standard InChI is InChI=1S/C28H40O4SSi/c1-5-6-13-19-33-20-18-24-26(32-27(29)31-24)25(33)21-30-34(28(2,3)4,22-14-9-7-10-15-22)23-16-11-8-12-17-23/h7-12,14-17,24-26,33H,5-6,13,18-21H2,1-4H3/t24-,25-,26-/m1/s1. The molecule has 1 unspecified atom stereocenters. The van der Waals surface area contributed by atoms with E-state index in [0.717, 1.165) is 12.2 Å². The van der Waals surface area contributed by atoms with E-state index in [2.05, 4.69) is 88.4 Å². The molecule has 2 fully saturated rings. The fourth-order valence-corrected chi connectivity index (χ4v) is 13.4. The van der Waals surface area contributed by atoms with Crippen molar-refractivity contribution in [1.82, 2.24) is 0 Å². The van der Waals surface area contributed by atoms with Crippen molar-refractivity contribution < 1.29 is 18.7 Å². The molecule has 0 N–H and O–H groups in total. The Kier molecular flexibility index (Phi) is 8.11. The number of ether oxygens (including phenoxy) is 2. The van der Waals surface area contributed by atoms with E-state index >= 15 is 0 Å². The summed E-state index contributed by atoms with van der Waals surface area (Å²) in [5, 5.41) is 2.73. The summed E-state index contributed by atoms with van der Waals surface area (Å²) in [4.78, 5) is 12.1. The maximum atomic E-state index is 12.1. The lowest BCUT2D eigenvalue weighted by molar-refractivity contribution is 0.112. The van der Waals surface area contributed by atoms with Crippen LogP contribution in [-0.4, -0.2) is 50.0 Å². The molecular formula is C28H40O4SSi. The van der Waals surface area contributed by atoms with Gasteiger partial charge in [-0.3, -0.25) is 0 Å². The van der Waals surface area contributed by atoms with Crippen LogP contribution in [0.1, 0.15) is 53.4 Å². The third-order valence-electron chi connectivity index (χ3n) is 7.33. The van der Waals surface area contributed by atoms with Gasteiger partial charge in [-0.15, -0.1) is 0 Å². The molecule has 34 heavy (non-hydrogen) atoms. The summed E-state index contributed by atoms with van der Waals surface area (Å²) in [6.07, 6.45) is 3.84. The Morgan fingerprint density at radius 1 is 0.971 bits per heavy atom. The molecule has 2 aromatic carbocycles. The minimum Gasteiger partial charge on any atom is -0.427 e. The molecular weight excluding hydrogens is 460 g/mol. The van der Waals surface area contributed by atoms with Gasteiger partial charge in [0.25, 0.3) is 8.32 Å². The largest absolute Gasteiger partial charge is 0.509 e. The zero-order valence-corrected chi connectivity index (χ0v) is 22.9. The maximum absolute atomic E-state index is 12.1. The molecule has 4 atom stereocenters. The van der Waals surface area contributed by atoms with Crippen LogP contribution in [0.4, 0.5) is 4.79 Å². The molecule has 6 heteroatoms. The van der Waals surface area contributed by atoms with Gasteiger partial charge in [0, 0.05) is 11.9 Å². The summed E-state index contributed by atoms with van der Waals surface area (Å²) in [5.74, 6) is 2.35. The van der Waals surface area contributed by atoms with Gasteiger partial charge in [0.05, 0.1) is 0 Å². The van der Waals surface area contributed by atoms with Crippen LogP contribution in [0.3, 0.4) is 0 Å². The number of benzene rings is 2. The van der Waals surface area contributed by atoms with Crippen molar-refractivity contribution in [3.63, 3.8) is 0 Å². The number of carbonyl (C=O) groups excluding carboxylic acids is 1. The van der Waals surface area contributed by atoms with Crippen LogP contribution in [0.5, 0.6) is 0 Å². The van der Waals surface area contributed by atoms with Gasteiger partial charge in [-0.05, 0) is 39.8 Å². The summed E-state index contributed by atoms with van der Waals surface area (Å²) < 4.78 is 18.6. The fraction of sp³-hybridized carbons (Fsp3) is 0.536. The van der Waals surface area contributed by atoms with Gasteiger partial charge in [-0.1, -0.05) is 101 Å². The predicted molar refractivity (Wildman–Crippen MR) is 145 cm³/mol. The van der Waals surface area contributed by atoms with Gasteiger partial charge < -0.3 is 13.9 Å². The molecule has 0 radical (unpaired) electrons. The minimum absolute atomic E-state index is 0.0718. The van der Waals surface area contributed by atoms with Crippen LogP contribution < -0.4 is 10.4 Å². The number of rotatable bonds is 9. The minimum atomic E-state index is -2.63. The van der Waals surface area contributed by atoms with Crippen molar-refractivity contribution in [2.24, 2.45) is 0 Å². The molecule has 0 saturated carbocycles. The van der Waals surface area contributed by atoms with Crippen LogP contribution in [0, 0.1) is 0 Å². The monoisotopic (exact) mass is 500 g/mol. The molecule has 0 aliphatic carbocycles. The summed E-state index contributed by atoms with van der Waals surface area (Å²) in [5.41, 5.74) is 0. The van der Waals surface area contributed by atoms with Crippen LogP contribution in [0.25, 0.3) is 0 Å². The number of carbonyl (C=O) groups is 1. The van der Waals surface area contributed by atoms with Crippen molar-refractivity contribution in [3.05, 3.63) is 60.7 Å². The number of hydrogen-bond donors (Lipinski definition) is 1. The van der Waals surface area contributed by atoms with Crippen LogP contribution in [-0.2, 0) is 13.9 Å². The van der Waals surface area contributed by atoms with E-state index in [9.17, 15) is 4.79 Å². The highest BCUT2D eigenvalue weighted by molar-refractivity contribution is 8.17. The van der Waals surface area contributed by atoms with Crippen LogP contribution >= 0.6 is 10.9 Å². The number of thiol groups is 1. The van der Waals surface area contributed by atoms with Gasteiger partial charge in [0.15, 0.2) is 6.10 Å². The molecule has 0 aromatic heterocycles. The van der Waals surface area contributed by atoms with E-state index in [-0.39, 0.29) is 33.4 Å². The quantitative estimate of drug-likeness (QED) is 0.216. The van der Waals surface area contributed by atoms with Gasteiger partial charge in [-0.2, -0.15) is 0 Å². The third-order valence-corrected chi connectivity index (χ3v) is 15.4. The van der Waals surface area contributed by atoms with Crippen LogP contribution in [0.2, 0.25) is 5.04 Å². The van der Waals surface area contributed by atoms with Gasteiger partial charge >= 0.3 is 6.16 Å². The van der Waals surface area contributed by atoms with Gasteiger partial charge in [0.2, 0.25) is 0 Å². The SMILES string of the molecule is CCCCC[SH]1CC[C@H]2OC(=O)O[C@H]2[C@H]1CO[Si](c1ccccc1)(c1ccccc1)C(C)(C)C. The molecule has 2 aromatic rings. The zero-order chi connectivity index (χ0) is 24.2. The molecule has 4 nitrogen and oxygen atoms in total. The summed E-state index contributed by atoms with van der Waals surface area (Å²) in [6.45, 7) is 9.80. The lowest BCUT2D eigenvalue weighted by Gasteiger charge is -2.46. The van der Waals surface area contributed by atoms with E-state index in [1.807, 2.05) is 0 Å². The normalized spacial score (nSPS) is 25.9. The van der Waals surface area contributed by atoms with Crippen molar-refractivity contribution >= 4 is 35.7 Å². The Balaban J connectivity index is 1.69. The average molecular weight is 501 g/mol. The van der Waals surface area contributed by atoms with Crippen molar-refractivity contribution in [2.75, 3.05) is 18.1 Å². The average Bonchev–Trinajstić information content (AvgIpc) is 3.21. The van der Waals surface area contributed by atoms with E-state index in [0.29, 0.717) is 6.61 Å². The van der Waals surface area contributed by atoms with Crippen LogP contribution in [0.15, 0.2) is 60.7 Å². The number of unbranched alkanes of at least 4 members (excludes halogenated alkanes) is 2.